The number of rotatable bonds is 7. The van der Waals surface area contributed by atoms with E-state index in [9.17, 15) is 0 Å². The van der Waals surface area contributed by atoms with Crippen LogP contribution in [0.1, 0.15) is 0 Å². The molecule has 0 bridgehead atoms. The summed E-state index contributed by atoms with van der Waals surface area (Å²) < 4.78 is 9.61. The predicted molar refractivity (Wildman–Crippen MR) is 257 cm³/mol. The minimum Gasteiger partial charge on any atom is -0.453 e. The van der Waals surface area contributed by atoms with Gasteiger partial charge in [-0.25, -0.2) is 0 Å². The van der Waals surface area contributed by atoms with Gasteiger partial charge in [0.1, 0.15) is 5.58 Å². The minimum atomic E-state index is 0.846. The average molecular weight is 779 g/mol. The third-order valence-electron chi connectivity index (χ3n) is 12.2. The van der Waals surface area contributed by atoms with Crippen molar-refractivity contribution in [1.82, 2.24) is 4.57 Å². The molecule has 10 aromatic carbocycles. The quantitative estimate of drug-likeness (QED) is 0.161. The molecule has 61 heavy (non-hydrogen) atoms. The van der Waals surface area contributed by atoms with E-state index < -0.39 is 0 Å². The van der Waals surface area contributed by atoms with Gasteiger partial charge in [-0.2, -0.15) is 0 Å². The molecule has 0 N–H and O–H groups in total. The molecule has 0 aliphatic heterocycles. The molecule has 2 heterocycles. The van der Waals surface area contributed by atoms with Crippen LogP contribution in [0.4, 0.5) is 17.1 Å². The summed E-state index contributed by atoms with van der Waals surface area (Å²) in [5.74, 6) is 0. The van der Waals surface area contributed by atoms with Crippen LogP contribution < -0.4 is 4.90 Å². The van der Waals surface area contributed by atoms with Gasteiger partial charge in [-0.3, -0.25) is 0 Å². The number of nitrogens with zero attached hydrogens (tertiary/aromatic N) is 2. The molecular weight excluding hydrogens is 741 g/mol. The second-order valence-electron chi connectivity index (χ2n) is 15.7. The van der Waals surface area contributed by atoms with E-state index >= 15 is 0 Å². The SMILES string of the molecule is c1ccc(-c2ccc(N(c3cccc4ccccc34)c3cccc4c3oc3c(-c5ccc6c(c5)c5c(-c7ccccc7)cccc5n6-c5ccccc5)cccc34)cc2)cc1. The van der Waals surface area contributed by atoms with E-state index in [2.05, 4.69) is 240 Å². The van der Waals surface area contributed by atoms with Gasteiger partial charge in [0, 0.05) is 43.9 Å². The van der Waals surface area contributed by atoms with Crippen LogP contribution in [0.5, 0.6) is 0 Å². The lowest BCUT2D eigenvalue weighted by Crippen LogP contribution is -2.10. The highest BCUT2D eigenvalue weighted by molar-refractivity contribution is 6.18. The van der Waals surface area contributed by atoms with Crippen molar-refractivity contribution in [1.29, 1.82) is 0 Å². The van der Waals surface area contributed by atoms with Crippen LogP contribution in [-0.4, -0.2) is 4.57 Å². The van der Waals surface area contributed by atoms with Crippen molar-refractivity contribution in [3.63, 3.8) is 0 Å². The molecule has 2 aromatic heterocycles. The first-order chi connectivity index (χ1) is 30.3. The van der Waals surface area contributed by atoms with Crippen LogP contribution in [0, 0.1) is 0 Å². The predicted octanol–water partition coefficient (Wildman–Crippen LogP) is 16.3. The van der Waals surface area contributed by atoms with E-state index in [1.165, 1.54) is 49.3 Å². The largest absolute Gasteiger partial charge is 0.453 e. The Hall–Kier alpha value is -8.14. The minimum absolute atomic E-state index is 0.846. The smallest absolute Gasteiger partial charge is 0.159 e. The van der Waals surface area contributed by atoms with E-state index in [0.29, 0.717) is 0 Å². The number of furan rings is 1. The van der Waals surface area contributed by atoms with Crippen LogP contribution in [0.2, 0.25) is 0 Å². The van der Waals surface area contributed by atoms with Crippen molar-refractivity contribution in [3.05, 3.63) is 231 Å². The summed E-state index contributed by atoms with van der Waals surface area (Å²) in [7, 11) is 0. The molecule has 12 rings (SSSR count). The van der Waals surface area contributed by atoms with E-state index in [4.69, 9.17) is 4.42 Å². The molecule has 0 unspecified atom stereocenters. The summed E-state index contributed by atoms with van der Waals surface area (Å²) in [6.45, 7) is 0. The van der Waals surface area contributed by atoms with Gasteiger partial charge in [-0.05, 0) is 87.8 Å². The third kappa shape index (κ3) is 5.74. The zero-order valence-electron chi connectivity index (χ0n) is 33.2. The molecule has 286 valence electrons. The number of para-hydroxylation sites is 3. The standard InChI is InChI=1S/C58H38N2O/c1-4-16-39(17-5-1)40-32-35-45(36-33-40)60(52-29-12-21-41-20-10-11-24-46(41)52)55-31-15-28-50-49-27-13-26-48(57(49)61-58(50)55)43-34-37-53-51(38-43)56-47(42-18-6-2-7-19-42)25-14-30-54(56)59(53)44-22-8-3-9-23-44/h1-38H. The van der Waals surface area contributed by atoms with Crippen molar-refractivity contribution >= 4 is 71.6 Å². The number of aromatic nitrogens is 1. The van der Waals surface area contributed by atoms with E-state index in [-0.39, 0.29) is 0 Å². The first-order valence-corrected chi connectivity index (χ1v) is 20.8. The molecule has 3 heteroatoms. The highest BCUT2D eigenvalue weighted by Gasteiger charge is 2.23. The van der Waals surface area contributed by atoms with Gasteiger partial charge < -0.3 is 13.9 Å². The lowest BCUT2D eigenvalue weighted by Gasteiger charge is -2.27. The summed E-state index contributed by atoms with van der Waals surface area (Å²) in [5, 5.41) is 6.95. The second-order valence-corrected chi connectivity index (χ2v) is 15.7. The van der Waals surface area contributed by atoms with E-state index in [0.717, 1.165) is 61.3 Å². The summed E-state index contributed by atoms with van der Waals surface area (Å²) in [6.07, 6.45) is 0. The number of hydrogen-bond donors (Lipinski definition) is 0. The van der Waals surface area contributed by atoms with Gasteiger partial charge in [0.2, 0.25) is 0 Å². The molecule has 12 aromatic rings. The number of anilines is 3. The molecule has 0 fully saturated rings. The van der Waals surface area contributed by atoms with Crippen molar-refractivity contribution in [2.75, 3.05) is 4.90 Å². The normalized spacial score (nSPS) is 11.6. The summed E-state index contributed by atoms with van der Waals surface area (Å²) >= 11 is 0. The van der Waals surface area contributed by atoms with Gasteiger partial charge >= 0.3 is 0 Å². The fourth-order valence-corrected chi connectivity index (χ4v) is 9.41. The lowest BCUT2D eigenvalue weighted by atomic mass is 9.97. The molecular formula is C58H38N2O. The molecule has 0 saturated carbocycles. The monoisotopic (exact) mass is 778 g/mol. The van der Waals surface area contributed by atoms with Crippen molar-refractivity contribution < 1.29 is 4.42 Å². The van der Waals surface area contributed by atoms with Gasteiger partial charge in [-0.15, -0.1) is 0 Å². The average Bonchev–Trinajstić information content (AvgIpc) is 3.89. The first-order valence-electron chi connectivity index (χ1n) is 20.8. The maximum absolute atomic E-state index is 7.22. The van der Waals surface area contributed by atoms with Crippen LogP contribution in [-0.2, 0) is 0 Å². The van der Waals surface area contributed by atoms with Crippen molar-refractivity contribution in [2.24, 2.45) is 0 Å². The maximum Gasteiger partial charge on any atom is 0.159 e. The molecule has 0 aliphatic rings. The first kappa shape index (κ1) is 34.9. The van der Waals surface area contributed by atoms with Crippen LogP contribution in [0.15, 0.2) is 235 Å². The van der Waals surface area contributed by atoms with E-state index in [1.54, 1.807) is 0 Å². The van der Waals surface area contributed by atoms with E-state index in [1.807, 2.05) is 0 Å². The molecule has 0 amide bonds. The zero-order valence-corrected chi connectivity index (χ0v) is 33.2. The molecule has 0 atom stereocenters. The Labute approximate surface area is 353 Å². The Morgan fingerprint density at radius 2 is 0.918 bits per heavy atom. The zero-order chi connectivity index (χ0) is 40.3. The molecule has 3 nitrogen and oxygen atoms in total. The van der Waals surface area contributed by atoms with Crippen molar-refractivity contribution in [2.45, 2.75) is 0 Å². The van der Waals surface area contributed by atoms with Crippen LogP contribution in [0.3, 0.4) is 0 Å². The molecule has 0 saturated heterocycles. The summed E-state index contributed by atoms with van der Waals surface area (Å²) in [4.78, 5) is 2.36. The summed E-state index contributed by atoms with van der Waals surface area (Å²) in [5.41, 5.74) is 15.3. The molecule has 0 aliphatic carbocycles. The number of hydrogen-bond acceptors (Lipinski definition) is 2. The van der Waals surface area contributed by atoms with Crippen molar-refractivity contribution in [3.8, 4) is 39.1 Å². The number of benzene rings is 10. The van der Waals surface area contributed by atoms with Gasteiger partial charge in [-0.1, -0.05) is 176 Å². The highest BCUT2D eigenvalue weighted by atomic mass is 16.3. The highest BCUT2D eigenvalue weighted by Crippen LogP contribution is 2.47. The summed E-state index contributed by atoms with van der Waals surface area (Å²) in [6, 6.07) is 82.6. The van der Waals surface area contributed by atoms with Gasteiger partial charge in [0.05, 0.1) is 22.4 Å². The Morgan fingerprint density at radius 1 is 0.344 bits per heavy atom. The molecule has 0 radical (unpaired) electrons. The third-order valence-corrected chi connectivity index (χ3v) is 12.2. The van der Waals surface area contributed by atoms with Crippen LogP contribution in [0.25, 0.3) is 93.6 Å². The number of fused-ring (bicyclic) bond motifs is 7. The molecule has 0 spiro atoms. The fourth-order valence-electron chi connectivity index (χ4n) is 9.41. The second kappa shape index (κ2) is 14.3. The fraction of sp³-hybridized carbons (Fsp3) is 0. The Kier molecular flexibility index (Phi) is 8.17. The topological polar surface area (TPSA) is 21.3 Å². The Balaban J connectivity index is 1.07. The van der Waals surface area contributed by atoms with Gasteiger partial charge in [0.25, 0.3) is 0 Å². The Bertz CT molecular complexity index is 3560. The Morgan fingerprint density at radius 3 is 1.72 bits per heavy atom. The van der Waals surface area contributed by atoms with Crippen LogP contribution >= 0.6 is 0 Å². The van der Waals surface area contributed by atoms with Gasteiger partial charge in [0.15, 0.2) is 5.58 Å². The maximum atomic E-state index is 7.22. The lowest BCUT2D eigenvalue weighted by molar-refractivity contribution is 0.670.